The van der Waals surface area contributed by atoms with Crippen LogP contribution in [-0.2, 0) is 14.3 Å². The number of ether oxygens (including phenoxy) is 2. The van der Waals surface area contributed by atoms with Crippen molar-refractivity contribution >= 4 is 39.5 Å². The predicted octanol–water partition coefficient (Wildman–Crippen LogP) is 5.12. The smallest absolute Gasteiger partial charge is 0.407 e. The average molecular weight is 560 g/mol. The molecule has 0 bridgehead atoms. The van der Waals surface area contributed by atoms with Gasteiger partial charge in [-0.2, -0.15) is 0 Å². The lowest BCUT2D eigenvalue weighted by Gasteiger charge is -2.38. The van der Waals surface area contributed by atoms with Gasteiger partial charge in [0, 0.05) is 24.0 Å². The average Bonchev–Trinajstić information content (AvgIpc) is 2.80. The Kier molecular flexibility index (Phi) is 9.37. The highest BCUT2D eigenvalue weighted by Gasteiger charge is 2.41. The number of benzene rings is 2. The number of rotatable bonds is 9. The van der Waals surface area contributed by atoms with E-state index >= 15 is 0 Å². The number of hydrogen-bond acceptors (Lipinski definition) is 5. The first kappa shape index (κ1) is 27.5. The topological polar surface area (TPSA) is 97.0 Å². The summed E-state index contributed by atoms with van der Waals surface area (Å²) in [7, 11) is 0. The van der Waals surface area contributed by atoms with Crippen LogP contribution in [0.3, 0.4) is 0 Å². The minimum Gasteiger partial charge on any atom is -0.478 e. The summed E-state index contributed by atoms with van der Waals surface area (Å²) in [6.45, 7) is 8.08. The van der Waals surface area contributed by atoms with E-state index in [0.29, 0.717) is 23.5 Å². The van der Waals surface area contributed by atoms with E-state index in [1.807, 2.05) is 30.3 Å². The molecule has 0 saturated heterocycles. The molecular formula is C27H34BrN3O5. The van der Waals surface area contributed by atoms with Crippen molar-refractivity contribution in [3.05, 3.63) is 58.6 Å². The van der Waals surface area contributed by atoms with Gasteiger partial charge in [0.15, 0.2) is 6.10 Å². The van der Waals surface area contributed by atoms with Gasteiger partial charge in [-0.25, -0.2) is 4.79 Å². The maximum Gasteiger partial charge on any atom is 0.407 e. The number of unbranched alkanes of at least 4 members (excludes halogenated alkanes) is 1. The van der Waals surface area contributed by atoms with Gasteiger partial charge in [0.2, 0.25) is 5.91 Å². The second kappa shape index (κ2) is 12.3. The first-order valence-corrected chi connectivity index (χ1v) is 13.0. The van der Waals surface area contributed by atoms with Gasteiger partial charge in [-0.05, 0) is 57.0 Å². The van der Waals surface area contributed by atoms with E-state index in [4.69, 9.17) is 9.47 Å². The van der Waals surface area contributed by atoms with Crippen LogP contribution in [0.2, 0.25) is 0 Å². The molecule has 0 spiro atoms. The van der Waals surface area contributed by atoms with E-state index in [-0.39, 0.29) is 24.8 Å². The van der Waals surface area contributed by atoms with Crippen LogP contribution in [0, 0.1) is 0 Å². The quantitative estimate of drug-likeness (QED) is 0.416. The monoisotopic (exact) mass is 559 g/mol. The third-order valence-electron chi connectivity index (χ3n) is 5.48. The summed E-state index contributed by atoms with van der Waals surface area (Å²) in [6.07, 6.45) is 0.543. The number of carbonyl (C=O) groups excluding carboxylic acids is 3. The zero-order chi connectivity index (χ0) is 26.3. The highest BCUT2D eigenvalue weighted by atomic mass is 79.9. The molecule has 0 aliphatic carbocycles. The molecule has 2 aromatic carbocycles. The molecule has 2 N–H and O–H groups in total. The molecule has 9 heteroatoms. The summed E-state index contributed by atoms with van der Waals surface area (Å²) in [6, 6.07) is 13.7. The van der Waals surface area contributed by atoms with Crippen molar-refractivity contribution in [1.29, 1.82) is 0 Å². The van der Waals surface area contributed by atoms with Gasteiger partial charge in [0.05, 0.1) is 5.69 Å². The maximum atomic E-state index is 13.8. The number of para-hydroxylation sites is 2. The molecule has 2 atom stereocenters. The fraction of sp³-hybridized carbons (Fsp3) is 0.444. The molecule has 0 saturated carbocycles. The molecule has 0 fully saturated rings. The summed E-state index contributed by atoms with van der Waals surface area (Å²) in [5.74, 6) is -0.117. The highest BCUT2D eigenvalue weighted by Crippen LogP contribution is 2.40. The van der Waals surface area contributed by atoms with E-state index < -0.39 is 23.8 Å². The first-order valence-electron chi connectivity index (χ1n) is 12.2. The number of hydrogen-bond donors (Lipinski definition) is 2. The van der Waals surface area contributed by atoms with E-state index in [1.54, 1.807) is 39.0 Å². The summed E-state index contributed by atoms with van der Waals surface area (Å²) in [4.78, 5) is 40.9. The van der Waals surface area contributed by atoms with Crippen LogP contribution in [0.1, 0.15) is 58.6 Å². The van der Waals surface area contributed by atoms with E-state index in [9.17, 15) is 14.4 Å². The van der Waals surface area contributed by atoms with Gasteiger partial charge in [0.25, 0.3) is 5.91 Å². The van der Waals surface area contributed by atoms with Gasteiger partial charge in [-0.15, -0.1) is 0 Å². The summed E-state index contributed by atoms with van der Waals surface area (Å²) in [5, 5.41) is 5.66. The SMILES string of the molecule is CCCCNC(=O)C(c1cccc(Br)c1)N1C(=O)[C@@H](CCNC(=O)OC(C)(C)C)Oc2ccccc21. The Bertz CT molecular complexity index is 1090. The van der Waals surface area contributed by atoms with Crippen molar-refractivity contribution < 1.29 is 23.9 Å². The Labute approximate surface area is 220 Å². The number of halogens is 1. The lowest BCUT2D eigenvalue weighted by atomic mass is 10.00. The zero-order valence-corrected chi connectivity index (χ0v) is 22.8. The van der Waals surface area contributed by atoms with Crippen LogP contribution < -0.4 is 20.3 Å². The van der Waals surface area contributed by atoms with E-state index in [0.717, 1.165) is 17.3 Å². The second-order valence-electron chi connectivity index (χ2n) is 9.60. The standard InChI is InChI=1S/C27H34BrN3O5/c1-5-6-15-29-24(32)23(18-10-9-11-19(28)17-18)31-20-12-7-8-13-21(20)35-22(25(31)33)14-16-30-26(34)36-27(2,3)4/h7-13,17,22-23H,5-6,14-16H2,1-4H3,(H,29,32)(H,30,34)/t22-,23?/m1/s1. The van der Waals surface area contributed by atoms with Gasteiger partial charge < -0.3 is 20.1 Å². The fourth-order valence-corrected chi connectivity index (χ4v) is 4.30. The normalized spacial score (nSPS) is 16.0. The molecule has 8 nitrogen and oxygen atoms in total. The number of amides is 3. The molecule has 1 unspecified atom stereocenters. The zero-order valence-electron chi connectivity index (χ0n) is 21.2. The van der Waals surface area contributed by atoms with Gasteiger partial charge in [0.1, 0.15) is 17.4 Å². The van der Waals surface area contributed by atoms with Crippen LogP contribution in [0.5, 0.6) is 5.75 Å². The van der Waals surface area contributed by atoms with Gasteiger partial charge in [-0.1, -0.05) is 53.5 Å². The third-order valence-corrected chi connectivity index (χ3v) is 5.98. The highest BCUT2D eigenvalue weighted by molar-refractivity contribution is 9.10. The Morgan fingerprint density at radius 1 is 1.11 bits per heavy atom. The Balaban J connectivity index is 1.90. The van der Waals surface area contributed by atoms with Gasteiger partial charge >= 0.3 is 6.09 Å². The number of nitrogens with zero attached hydrogens (tertiary/aromatic N) is 1. The van der Waals surface area contributed by atoms with E-state index in [2.05, 4.69) is 33.5 Å². The van der Waals surface area contributed by atoms with Crippen molar-refractivity contribution in [2.45, 2.75) is 64.7 Å². The van der Waals surface area contributed by atoms with Crippen LogP contribution in [-0.4, -0.2) is 42.7 Å². The number of nitrogens with one attached hydrogen (secondary N) is 2. The number of carbonyl (C=O) groups is 3. The lowest BCUT2D eigenvalue weighted by Crippen LogP contribution is -2.52. The number of fused-ring (bicyclic) bond motifs is 1. The van der Waals surface area contributed by atoms with Crippen molar-refractivity contribution in [3.8, 4) is 5.75 Å². The van der Waals surface area contributed by atoms with Crippen molar-refractivity contribution in [2.75, 3.05) is 18.0 Å². The predicted molar refractivity (Wildman–Crippen MR) is 142 cm³/mol. The minimum atomic E-state index is -0.891. The molecule has 1 heterocycles. The largest absolute Gasteiger partial charge is 0.478 e. The third kappa shape index (κ3) is 7.22. The van der Waals surface area contributed by atoms with Gasteiger partial charge in [-0.3, -0.25) is 14.5 Å². The van der Waals surface area contributed by atoms with Crippen LogP contribution in [0.15, 0.2) is 53.0 Å². The minimum absolute atomic E-state index is 0.172. The van der Waals surface area contributed by atoms with E-state index in [1.165, 1.54) is 4.90 Å². The van der Waals surface area contributed by atoms with Crippen LogP contribution >= 0.6 is 15.9 Å². The second-order valence-corrected chi connectivity index (χ2v) is 10.5. The summed E-state index contributed by atoms with van der Waals surface area (Å²) >= 11 is 3.48. The molecule has 3 rings (SSSR count). The maximum absolute atomic E-state index is 13.8. The Hall–Kier alpha value is -3.07. The Morgan fingerprint density at radius 2 is 1.86 bits per heavy atom. The van der Waals surface area contributed by atoms with Crippen LogP contribution in [0.4, 0.5) is 10.5 Å². The molecule has 36 heavy (non-hydrogen) atoms. The molecule has 0 aromatic heterocycles. The molecule has 2 aromatic rings. The summed E-state index contributed by atoms with van der Waals surface area (Å²) < 4.78 is 12.1. The lowest BCUT2D eigenvalue weighted by molar-refractivity contribution is -0.131. The van der Waals surface area contributed by atoms with Crippen molar-refractivity contribution in [2.24, 2.45) is 0 Å². The van der Waals surface area contributed by atoms with Crippen LogP contribution in [0.25, 0.3) is 0 Å². The molecule has 1 aliphatic rings. The van der Waals surface area contributed by atoms with Crippen molar-refractivity contribution in [3.63, 3.8) is 0 Å². The number of alkyl carbamates (subject to hydrolysis) is 1. The molecule has 194 valence electrons. The number of anilines is 1. The fourth-order valence-electron chi connectivity index (χ4n) is 3.88. The first-order chi connectivity index (χ1) is 17.1. The Morgan fingerprint density at radius 3 is 2.56 bits per heavy atom. The summed E-state index contributed by atoms with van der Waals surface area (Å²) in [5.41, 5.74) is 0.572. The molecule has 3 amide bonds. The van der Waals surface area contributed by atoms with Crippen molar-refractivity contribution in [1.82, 2.24) is 10.6 Å². The molecule has 0 radical (unpaired) electrons. The molecular weight excluding hydrogens is 526 g/mol. The molecule has 1 aliphatic heterocycles.